The van der Waals surface area contributed by atoms with Crippen molar-refractivity contribution in [3.63, 3.8) is 0 Å². The lowest BCUT2D eigenvalue weighted by molar-refractivity contribution is -0.117. The summed E-state index contributed by atoms with van der Waals surface area (Å²) < 4.78 is 5.30. The van der Waals surface area contributed by atoms with E-state index >= 15 is 0 Å². The largest absolute Gasteiger partial charge is 0.467 e. The number of nitrogens with two attached hydrogens (primary N) is 1. The van der Waals surface area contributed by atoms with Crippen LogP contribution in [0.15, 0.2) is 41.0 Å². The number of carbonyl (C=O) groups excluding carboxylic acids is 1. The molecule has 1 heterocycles. The van der Waals surface area contributed by atoms with E-state index in [4.69, 9.17) is 10.2 Å². The zero-order valence-electron chi connectivity index (χ0n) is 11.2. The molecule has 100 valence electrons. The zero-order valence-corrected chi connectivity index (χ0v) is 11.2. The smallest absolute Gasteiger partial charge is 0.241 e. The molecule has 0 aliphatic carbocycles. The second kappa shape index (κ2) is 5.71. The van der Waals surface area contributed by atoms with Crippen LogP contribution in [-0.4, -0.2) is 12.5 Å². The number of amides is 1. The monoisotopic (exact) mass is 258 g/mol. The fraction of sp³-hybridized carbons (Fsp3) is 0.267. The van der Waals surface area contributed by atoms with E-state index in [-0.39, 0.29) is 12.5 Å². The van der Waals surface area contributed by atoms with Crippen LogP contribution >= 0.6 is 0 Å². The molecule has 0 spiro atoms. The van der Waals surface area contributed by atoms with E-state index in [1.165, 1.54) is 5.56 Å². The van der Waals surface area contributed by atoms with Crippen LogP contribution in [0.1, 0.15) is 16.9 Å². The molecule has 2 N–H and O–H groups in total. The molecule has 4 nitrogen and oxygen atoms in total. The summed E-state index contributed by atoms with van der Waals surface area (Å²) in [6.45, 7) is 4.44. The number of rotatable bonds is 4. The van der Waals surface area contributed by atoms with Crippen molar-refractivity contribution in [3.8, 4) is 0 Å². The van der Waals surface area contributed by atoms with Gasteiger partial charge in [0.1, 0.15) is 5.76 Å². The van der Waals surface area contributed by atoms with E-state index < -0.39 is 0 Å². The predicted octanol–water partition coefficient (Wildman–Crippen LogP) is 2.39. The molecule has 2 aromatic rings. The van der Waals surface area contributed by atoms with Gasteiger partial charge in [0.15, 0.2) is 0 Å². The maximum absolute atomic E-state index is 12.0. The molecular weight excluding hydrogens is 240 g/mol. The highest BCUT2D eigenvalue weighted by Gasteiger charge is 2.16. The van der Waals surface area contributed by atoms with Crippen molar-refractivity contribution in [1.29, 1.82) is 0 Å². The van der Waals surface area contributed by atoms with Crippen molar-refractivity contribution in [1.82, 2.24) is 0 Å². The summed E-state index contributed by atoms with van der Waals surface area (Å²) in [6.07, 6.45) is 1.60. The summed E-state index contributed by atoms with van der Waals surface area (Å²) >= 11 is 0. The SMILES string of the molecule is Cc1ccc(N(Cc2ccco2)C(=O)CN)cc1C. The lowest BCUT2D eigenvalue weighted by Crippen LogP contribution is -2.35. The summed E-state index contributed by atoms with van der Waals surface area (Å²) in [5.74, 6) is 0.611. The second-order valence-corrected chi connectivity index (χ2v) is 4.53. The van der Waals surface area contributed by atoms with Gasteiger partial charge in [0.05, 0.1) is 19.4 Å². The van der Waals surface area contributed by atoms with Gasteiger partial charge in [-0.15, -0.1) is 0 Å². The van der Waals surface area contributed by atoms with Gasteiger partial charge in [-0.3, -0.25) is 4.79 Å². The molecule has 0 bridgehead atoms. The molecule has 1 aromatic carbocycles. The number of furan rings is 1. The Morgan fingerprint density at radius 3 is 2.63 bits per heavy atom. The Bertz CT molecular complexity index is 562. The first-order chi connectivity index (χ1) is 9.11. The number of hydrogen-bond donors (Lipinski definition) is 1. The molecule has 19 heavy (non-hydrogen) atoms. The summed E-state index contributed by atoms with van der Waals surface area (Å²) in [4.78, 5) is 13.6. The topological polar surface area (TPSA) is 59.5 Å². The average molecular weight is 258 g/mol. The number of aryl methyl sites for hydroxylation is 2. The van der Waals surface area contributed by atoms with Gasteiger partial charge in [0.25, 0.3) is 0 Å². The normalized spacial score (nSPS) is 10.5. The predicted molar refractivity (Wildman–Crippen MR) is 74.9 cm³/mol. The highest BCUT2D eigenvalue weighted by atomic mass is 16.3. The fourth-order valence-corrected chi connectivity index (χ4v) is 1.89. The first kappa shape index (κ1) is 13.4. The van der Waals surface area contributed by atoms with Gasteiger partial charge in [-0.1, -0.05) is 6.07 Å². The van der Waals surface area contributed by atoms with Crippen LogP contribution in [-0.2, 0) is 11.3 Å². The van der Waals surface area contributed by atoms with E-state index in [0.717, 1.165) is 17.0 Å². The summed E-state index contributed by atoms with van der Waals surface area (Å²) in [5, 5.41) is 0. The van der Waals surface area contributed by atoms with E-state index in [1.807, 2.05) is 38.1 Å². The molecule has 0 fully saturated rings. The Hall–Kier alpha value is -2.07. The maximum Gasteiger partial charge on any atom is 0.241 e. The van der Waals surface area contributed by atoms with E-state index in [1.54, 1.807) is 17.2 Å². The minimum Gasteiger partial charge on any atom is -0.467 e. The molecular formula is C15H18N2O2. The van der Waals surface area contributed by atoms with E-state index in [9.17, 15) is 4.79 Å². The van der Waals surface area contributed by atoms with Gasteiger partial charge in [0.2, 0.25) is 5.91 Å². The summed E-state index contributed by atoms with van der Waals surface area (Å²) in [7, 11) is 0. The molecule has 4 heteroatoms. The third-order valence-electron chi connectivity index (χ3n) is 3.17. The Kier molecular flexibility index (Phi) is 4.02. The van der Waals surface area contributed by atoms with Crippen molar-refractivity contribution in [2.24, 2.45) is 5.73 Å². The number of nitrogens with zero attached hydrogens (tertiary/aromatic N) is 1. The van der Waals surface area contributed by atoms with Crippen molar-refractivity contribution >= 4 is 11.6 Å². The average Bonchev–Trinajstić information content (AvgIpc) is 2.91. The molecule has 0 radical (unpaired) electrons. The first-order valence-corrected chi connectivity index (χ1v) is 6.22. The van der Waals surface area contributed by atoms with Crippen LogP contribution in [0.4, 0.5) is 5.69 Å². The second-order valence-electron chi connectivity index (χ2n) is 4.53. The van der Waals surface area contributed by atoms with Gasteiger partial charge in [0, 0.05) is 5.69 Å². The molecule has 0 aliphatic rings. The summed E-state index contributed by atoms with van der Waals surface area (Å²) in [6, 6.07) is 9.58. The molecule has 0 aliphatic heterocycles. The molecule has 0 unspecified atom stereocenters. The van der Waals surface area contributed by atoms with Crippen LogP contribution in [0.2, 0.25) is 0 Å². The Labute approximate surface area is 112 Å². The summed E-state index contributed by atoms with van der Waals surface area (Å²) in [5.41, 5.74) is 8.67. The fourth-order valence-electron chi connectivity index (χ4n) is 1.89. The first-order valence-electron chi connectivity index (χ1n) is 6.22. The third kappa shape index (κ3) is 3.03. The van der Waals surface area contributed by atoms with Crippen LogP contribution in [0.3, 0.4) is 0 Å². The van der Waals surface area contributed by atoms with Gasteiger partial charge in [-0.2, -0.15) is 0 Å². The van der Waals surface area contributed by atoms with Gasteiger partial charge in [-0.25, -0.2) is 0 Å². The van der Waals surface area contributed by atoms with Crippen molar-refractivity contribution in [2.45, 2.75) is 20.4 Å². The Morgan fingerprint density at radius 2 is 2.05 bits per heavy atom. The maximum atomic E-state index is 12.0. The lowest BCUT2D eigenvalue weighted by Gasteiger charge is -2.22. The lowest BCUT2D eigenvalue weighted by atomic mass is 10.1. The molecule has 1 aromatic heterocycles. The number of anilines is 1. The van der Waals surface area contributed by atoms with E-state index in [2.05, 4.69) is 0 Å². The quantitative estimate of drug-likeness (QED) is 0.916. The van der Waals surface area contributed by atoms with Crippen molar-refractivity contribution in [2.75, 3.05) is 11.4 Å². The standard InChI is InChI=1S/C15H18N2O2/c1-11-5-6-13(8-12(11)2)17(15(18)9-16)10-14-4-3-7-19-14/h3-8H,9-10,16H2,1-2H3. The molecule has 0 saturated heterocycles. The van der Waals surface area contributed by atoms with Gasteiger partial charge < -0.3 is 15.1 Å². The zero-order chi connectivity index (χ0) is 13.8. The Morgan fingerprint density at radius 1 is 1.26 bits per heavy atom. The van der Waals surface area contributed by atoms with Crippen LogP contribution < -0.4 is 10.6 Å². The van der Waals surface area contributed by atoms with Gasteiger partial charge in [-0.05, 0) is 49.2 Å². The minimum absolute atomic E-state index is 0.0202. The number of carbonyl (C=O) groups is 1. The van der Waals surface area contributed by atoms with Crippen molar-refractivity contribution in [3.05, 3.63) is 53.5 Å². The highest BCUT2D eigenvalue weighted by Crippen LogP contribution is 2.21. The third-order valence-corrected chi connectivity index (χ3v) is 3.17. The molecule has 2 rings (SSSR count). The molecule has 1 amide bonds. The minimum atomic E-state index is -0.125. The number of hydrogen-bond acceptors (Lipinski definition) is 3. The van der Waals surface area contributed by atoms with Gasteiger partial charge >= 0.3 is 0 Å². The molecule has 0 saturated carbocycles. The number of benzene rings is 1. The van der Waals surface area contributed by atoms with E-state index in [0.29, 0.717) is 6.54 Å². The Balaban J connectivity index is 2.31. The van der Waals surface area contributed by atoms with Crippen LogP contribution in [0, 0.1) is 13.8 Å². The highest BCUT2D eigenvalue weighted by molar-refractivity contribution is 5.94. The van der Waals surface area contributed by atoms with Crippen LogP contribution in [0.25, 0.3) is 0 Å². The van der Waals surface area contributed by atoms with Crippen LogP contribution in [0.5, 0.6) is 0 Å². The molecule has 0 atom stereocenters. The van der Waals surface area contributed by atoms with Crippen molar-refractivity contribution < 1.29 is 9.21 Å².